The molecule has 1 amide bonds. The Labute approximate surface area is 140 Å². The first-order valence-corrected chi connectivity index (χ1v) is 7.42. The zero-order valence-electron chi connectivity index (χ0n) is 13.5. The van der Waals surface area contributed by atoms with Crippen molar-refractivity contribution in [3.63, 3.8) is 0 Å². The molecule has 0 spiro atoms. The number of rotatable bonds is 5. The number of nitrogens with one attached hydrogen (secondary N) is 1. The van der Waals surface area contributed by atoms with E-state index in [0.29, 0.717) is 5.69 Å². The van der Waals surface area contributed by atoms with Crippen LogP contribution in [-0.4, -0.2) is 18.5 Å². The molecule has 0 aliphatic carbocycles. The Kier molecular flexibility index (Phi) is 5.84. The zero-order valence-corrected chi connectivity index (χ0v) is 13.5. The second-order valence-electron chi connectivity index (χ2n) is 5.33. The standard InChI is InChI=1S/C19H18FNO3/c1-13-7-8-14(2)17(11-13)21-18(22)12-24-19(23)10-9-15-5-3-4-6-16(15)20/h3-11H,12H2,1-2H3,(H,21,22)/b10-9+. The minimum absolute atomic E-state index is 0.272. The van der Waals surface area contributed by atoms with E-state index in [-0.39, 0.29) is 5.56 Å². The molecular weight excluding hydrogens is 309 g/mol. The summed E-state index contributed by atoms with van der Waals surface area (Å²) in [6.45, 7) is 3.38. The largest absolute Gasteiger partial charge is 0.452 e. The Morgan fingerprint density at radius 3 is 2.67 bits per heavy atom. The SMILES string of the molecule is Cc1ccc(C)c(NC(=O)COC(=O)/C=C/c2ccccc2F)c1. The monoisotopic (exact) mass is 327 g/mol. The smallest absolute Gasteiger partial charge is 0.331 e. The number of ether oxygens (including phenoxy) is 1. The van der Waals surface area contributed by atoms with E-state index < -0.39 is 24.3 Å². The summed E-state index contributed by atoms with van der Waals surface area (Å²) in [7, 11) is 0. The average molecular weight is 327 g/mol. The van der Waals surface area contributed by atoms with Gasteiger partial charge in [0.15, 0.2) is 6.61 Å². The third-order valence-corrected chi connectivity index (χ3v) is 3.32. The summed E-state index contributed by atoms with van der Waals surface area (Å²) in [5.74, 6) is -1.58. The summed E-state index contributed by atoms with van der Waals surface area (Å²) in [5, 5.41) is 2.69. The molecule has 124 valence electrons. The topological polar surface area (TPSA) is 55.4 Å². The molecule has 0 aromatic heterocycles. The van der Waals surface area contributed by atoms with Crippen LogP contribution in [-0.2, 0) is 14.3 Å². The maximum absolute atomic E-state index is 13.4. The van der Waals surface area contributed by atoms with Gasteiger partial charge in [0.1, 0.15) is 5.82 Å². The number of anilines is 1. The second kappa shape index (κ2) is 8.06. The molecule has 0 atom stereocenters. The van der Waals surface area contributed by atoms with Crippen LogP contribution in [0.2, 0.25) is 0 Å². The Morgan fingerprint density at radius 1 is 1.17 bits per heavy atom. The fourth-order valence-electron chi connectivity index (χ4n) is 2.01. The molecule has 0 heterocycles. The summed E-state index contributed by atoms with van der Waals surface area (Å²) in [5.41, 5.74) is 2.88. The average Bonchev–Trinajstić information content (AvgIpc) is 2.55. The summed E-state index contributed by atoms with van der Waals surface area (Å²) < 4.78 is 18.2. The lowest BCUT2D eigenvalue weighted by atomic mass is 10.1. The number of hydrogen-bond donors (Lipinski definition) is 1. The summed E-state index contributed by atoms with van der Waals surface area (Å²) in [6, 6.07) is 11.7. The van der Waals surface area contributed by atoms with E-state index in [4.69, 9.17) is 4.74 Å². The zero-order chi connectivity index (χ0) is 17.5. The Morgan fingerprint density at radius 2 is 1.92 bits per heavy atom. The van der Waals surface area contributed by atoms with Gasteiger partial charge in [-0.25, -0.2) is 9.18 Å². The fraction of sp³-hybridized carbons (Fsp3) is 0.158. The quantitative estimate of drug-likeness (QED) is 0.674. The predicted octanol–water partition coefficient (Wildman–Crippen LogP) is 3.64. The molecule has 2 rings (SSSR count). The second-order valence-corrected chi connectivity index (χ2v) is 5.33. The maximum Gasteiger partial charge on any atom is 0.331 e. The molecule has 0 fully saturated rings. The molecule has 0 unspecified atom stereocenters. The van der Waals surface area contributed by atoms with Gasteiger partial charge in [-0.15, -0.1) is 0 Å². The van der Waals surface area contributed by atoms with Gasteiger partial charge in [0.05, 0.1) is 0 Å². The summed E-state index contributed by atoms with van der Waals surface area (Å²) >= 11 is 0. The summed E-state index contributed by atoms with van der Waals surface area (Å²) in [4.78, 5) is 23.4. The molecule has 0 radical (unpaired) electrons. The first kappa shape index (κ1) is 17.4. The van der Waals surface area contributed by atoms with Crippen molar-refractivity contribution in [2.45, 2.75) is 13.8 Å². The van der Waals surface area contributed by atoms with Crippen molar-refractivity contribution in [2.75, 3.05) is 11.9 Å². The van der Waals surface area contributed by atoms with Gasteiger partial charge in [0.25, 0.3) is 5.91 Å². The number of halogens is 1. The molecule has 5 heteroatoms. The molecule has 0 saturated heterocycles. The van der Waals surface area contributed by atoms with Crippen LogP contribution in [0.15, 0.2) is 48.5 Å². The highest BCUT2D eigenvalue weighted by Gasteiger charge is 2.08. The maximum atomic E-state index is 13.4. The minimum atomic E-state index is -0.714. The Hall–Kier alpha value is -2.95. The van der Waals surface area contributed by atoms with Gasteiger partial charge >= 0.3 is 5.97 Å². The van der Waals surface area contributed by atoms with E-state index >= 15 is 0 Å². The number of amides is 1. The first-order valence-electron chi connectivity index (χ1n) is 7.42. The molecule has 4 nitrogen and oxygen atoms in total. The van der Waals surface area contributed by atoms with Crippen LogP contribution < -0.4 is 5.32 Å². The number of carbonyl (C=O) groups excluding carboxylic acids is 2. The number of hydrogen-bond acceptors (Lipinski definition) is 3. The van der Waals surface area contributed by atoms with E-state index in [9.17, 15) is 14.0 Å². The van der Waals surface area contributed by atoms with E-state index in [1.807, 2.05) is 32.0 Å². The Balaban J connectivity index is 1.86. The lowest BCUT2D eigenvalue weighted by Gasteiger charge is -2.09. The van der Waals surface area contributed by atoms with Crippen molar-refractivity contribution in [3.05, 3.63) is 71.0 Å². The van der Waals surface area contributed by atoms with Crippen molar-refractivity contribution in [1.29, 1.82) is 0 Å². The van der Waals surface area contributed by atoms with Crippen LogP contribution in [0.1, 0.15) is 16.7 Å². The number of aryl methyl sites for hydroxylation is 2. The molecule has 2 aromatic carbocycles. The van der Waals surface area contributed by atoms with Crippen LogP contribution in [0.25, 0.3) is 6.08 Å². The van der Waals surface area contributed by atoms with Crippen LogP contribution >= 0.6 is 0 Å². The Bertz CT molecular complexity index is 784. The predicted molar refractivity (Wildman–Crippen MR) is 90.9 cm³/mol. The molecular formula is C19H18FNO3. The molecule has 1 N–H and O–H groups in total. The molecule has 0 aliphatic heterocycles. The van der Waals surface area contributed by atoms with E-state index in [2.05, 4.69) is 5.32 Å². The van der Waals surface area contributed by atoms with Gasteiger partial charge in [-0.05, 0) is 43.2 Å². The third kappa shape index (κ3) is 5.05. The first-order chi connectivity index (χ1) is 11.5. The van der Waals surface area contributed by atoms with Crippen molar-refractivity contribution in [3.8, 4) is 0 Å². The number of esters is 1. The lowest BCUT2D eigenvalue weighted by molar-refractivity contribution is -0.142. The van der Waals surface area contributed by atoms with Gasteiger partial charge in [0, 0.05) is 17.3 Å². The molecule has 0 aliphatic rings. The van der Waals surface area contributed by atoms with Gasteiger partial charge in [-0.1, -0.05) is 30.3 Å². The van der Waals surface area contributed by atoms with Crippen molar-refractivity contribution >= 4 is 23.6 Å². The fourth-order valence-corrected chi connectivity index (χ4v) is 2.01. The highest BCUT2D eigenvalue weighted by Crippen LogP contribution is 2.16. The van der Waals surface area contributed by atoms with Crippen LogP contribution in [0, 0.1) is 19.7 Å². The van der Waals surface area contributed by atoms with E-state index in [0.717, 1.165) is 17.2 Å². The van der Waals surface area contributed by atoms with Gasteiger partial charge in [-0.3, -0.25) is 4.79 Å². The van der Waals surface area contributed by atoms with Crippen LogP contribution in [0.4, 0.5) is 10.1 Å². The molecule has 2 aromatic rings. The normalized spacial score (nSPS) is 10.6. The van der Waals surface area contributed by atoms with E-state index in [1.54, 1.807) is 12.1 Å². The summed E-state index contributed by atoms with van der Waals surface area (Å²) in [6.07, 6.45) is 2.39. The van der Waals surface area contributed by atoms with Crippen molar-refractivity contribution < 1.29 is 18.7 Å². The van der Waals surface area contributed by atoms with Crippen molar-refractivity contribution in [2.24, 2.45) is 0 Å². The van der Waals surface area contributed by atoms with Crippen LogP contribution in [0.5, 0.6) is 0 Å². The van der Waals surface area contributed by atoms with Crippen molar-refractivity contribution in [1.82, 2.24) is 0 Å². The molecule has 0 saturated carbocycles. The highest BCUT2D eigenvalue weighted by atomic mass is 19.1. The minimum Gasteiger partial charge on any atom is -0.452 e. The van der Waals surface area contributed by atoms with Gasteiger partial charge in [-0.2, -0.15) is 0 Å². The van der Waals surface area contributed by atoms with E-state index in [1.165, 1.54) is 18.2 Å². The lowest BCUT2D eigenvalue weighted by Crippen LogP contribution is -2.20. The number of carbonyl (C=O) groups is 2. The third-order valence-electron chi connectivity index (χ3n) is 3.32. The number of benzene rings is 2. The molecule has 24 heavy (non-hydrogen) atoms. The van der Waals surface area contributed by atoms with Gasteiger partial charge < -0.3 is 10.1 Å². The highest BCUT2D eigenvalue weighted by molar-refractivity contribution is 5.95. The van der Waals surface area contributed by atoms with Gasteiger partial charge in [0.2, 0.25) is 0 Å². The molecule has 0 bridgehead atoms. The van der Waals surface area contributed by atoms with Crippen LogP contribution in [0.3, 0.4) is 0 Å².